The van der Waals surface area contributed by atoms with Crippen LogP contribution in [-0.2, 0) is 4.79 Å². The zero-order valence-corrected chi connectivity index (χ0v) is 14.5. The molecule has 0 bridgehead atoms. The summed E-state index contributed by atoms with van der Waals surface area (Å²) in [5.41, 5.74) is 1.63. The fourth-order valence-electron chi connectivity index (χ4n) is 2.50. The number of benzene rings is 1. The van der Waals surface area contributed by atoms with Crippen LogP contribution in [0.25, 0.3) is 5.65 Å². The third-order valence-electron chi connectivity index (χ3n) is 3.91. The number of carbonyl (C=O) groups is 2. The Kier molecular flexibility index (Phi) is 4.79. The Bertz CT molecular complexity index is 1020. The lowest BCUT2D eigenvalue weighted by molar-refractivity contribution is -0.116. The first-order chi connectivity index (χ1) is 12.5. The number of anilines is 1. The standard InChI is InChI=1S/C19H18N4O3/c1-13-6-8-14(9-7-13)21-17(24)12-22(2)18(25)15-11-20-16-5-3-4-10-23(16)19(15)26/h3-11H,12H2,1-2H3,(H,21,24). The first kappa shape index (κ1) is 17.3. The maximum atomic E-state index is 12.5. The van der Waals surface area contributed by atoms with E-state index in [1.165, 1.54) is 22.5 Å². The van der Waals surface area contributed by atoms with E-state index < -0.39 is 11.5 Å². The van der Waals surface area contributed by atoms with Gasteiger partial charge in [0.1, 0.15) is 11.2 Å². The second kappa shape index (κ2) is 7.18. The Hall–Kier alpha value is -3.48. The first-order valence-corrected chi connectivity index (χ1v) is 8.04. The van der Waals surface area contributed by atoms with E-state index in [4.69, 9.17) is 0 Å². The van der Waals surface area contributed by atoms with Gasteiger partial charge in [-0.25, -0.2) is 4.98 Å². The molecule has 26 heavy (non-hydrogen) atoms. The van der Waals surface area contributed by atoms with Crippen molar-refractivity contribution in [2.45, 2.75) is 6.92 Å². The number of hydrogen-bond donors (Lipinski definition) is 1. The minimum absolute atomic E-state index is 0.0839. The predicted molar refractivity (Wildman–Crippen MR) is 98.2 cm³/mol. The van der Waals surface area contributed by atoms with Crippen LogP contribution >= 0.6 is 0 Å². The number of carbonyl (C=O) groups excluding carboxylic acids is 2. The van der Waals surface area contributed by atoms with Crippen molar-refractivity contribution in [2.75, 3.05) is 18.9 Å². The number of aromatic nitrogens is 2. The Morgan fingerprint density at radius 1 is 1.15 bits per heavy atom. The molecule has 0 aliphatic carbocycles. The summed E-state index contributed by atoms with van der Waals surface area (Å²) in [6.45, 7) is 1.78. The smallest absolute Gasteiger partial charge is 0.270 e. The molecule has 3 rings (SSSR count). The highest BCUT2D eigenvalue weighted by atomic mass is 16.2. The summed E-state index contributed by atoms with van der Waals surface area (Å²) >= 11 is 0. The van der Waals surface area contributed by atoms with Crippen molar-refractivity contribution in [2.24, 2.45) is 0 Å². The molecule has 132 valence electrons. The van der Waals surface area contributed by atoms with Gasteiger partial charge in [-0.05, 0) is 31.2 Å². The molecule has 0 atom stereocenters. The minimum Gasteiger partial charge on any atom is -0.332 e. The van der Waals surface area contributed by atoms with Crippen LogP contribution in [0.3, 0.4) is 0 Å². The molecule has 0 fully saturated rings. The van der Waals surface area contributed by atoms with E-state index >= 15 is 0 Å². The zero-order valence-electron chi connectivity index (χ0n) is 14.5. The molecule has 1 aromatic carbocycles. The maximum Gasteiger partial charge on any atom is 0.270 e. The fraction of sp³-hybridized carbons (Fsp3) is 0.158. The summed E-state index contributed by atoms with van der Waals surface area (Å²) in [5.74, 6) is -0.904. The van der Waals surface area contributed by atoms with Crippen molar-refractivity contribution in [1.82, 2.24) is 14.3 Å². The number of pyridine rings is 1. The normalized spacial score (nSPS) is 10.5. The number of aryl methyl sites for hydroxylation is 1. The van der Waals surface area contributed by atoms with Gasteiger partial charge >= 0.3 is 0 Å². The van der Waals surface area contributed by atoms with Gasteiger partial charge in [0, 0.05) is 25.1 Å². The highest BCUT2D eigenvalue weighted by Gasteiger charge is 2.19. The molecule has 7 heteroatoms. The molecule has 2 amide bonds. The third-order valence-corrected chi connectivity index (χ3v) is 3.91. The number of nitrogens with zero attached hydrogens (tertiary/aromatic N) is 3. The molecule has 2 heterocycles. The average Bonchev–Trinajstić information content (AvgIpc) is 2.63. The van der Waals surface area contributed by atoms with Gasteiger partial charge in [-0.2, -0.15) is 0 Å². The lowest BCUT2D eigenvalue weighted by Gasteiger charge is -2.16. The lowest BCUT2D eigenvalue weighted by Crippen LogP contribution is -2.38. The van der Waals surface area contributed by atoms with Gasteiger partial charge in [-0.15, -0.1) is 0 Å². The van der Waals surface area contributed by atoms with Crippen molar-refractivity contribution in [3.8, 4) is 0 Å². The summed E-state index contributed by atoms with van der Waals surface area (Å²) in [6.07, 6.45) is 2.79. The summed E-state index contributed by atoms with van der Waals surface area (Å²) in [7, 11) is 1.47. The maximum absolute atomic E-state index is 12.5. The largest absolute Gasteiger partial charge is 0.332 e. The minimum atomic E-state index is -0.556. The monoisotopic (exact) mass is 350 g/mol. The summed E-state index contributed by atoms with van der Waals surface area (Å²) in [5, 5.41) is 2.72. The highest BCUT2D eigenvalue weighted by molar-refractivity contribution is 5.99. The van der Waals surface area contributed by atoms with E-state index in [1.54, 1.807) is 36.5 Å². The molecule has 0 saturated heterocycles. The molecule has 0 spiro atoms. The van der Waals surface area contributed by atoms with Crippen LogP contribution in [0.4, 0.5) is 5.69 Å². The van der Waals surface area contributed by atoms with E-state index in [-0.39, 0.29) is 18.0 Å². The van der Waals surface area contributed by atoms with E-state index in [2.05, 4.69) is 10.3 Å². The molecular formula is C19H18N4O3. The first-order valence-electron chi connectivity index (χ1n) is 8.04. The second-order valence-electron chi connectivity index (χ2n) is 5.98. The summed E-state index contributed by atoms with van der Waals surface area (Å²) < 4.78 is 1.30. The van der Waals surface area contributed by atoms with Gasteiger partial charge in [0.05, 0.1) is 6.54 Å². The van der Waals surface area contributed by atoms with Crippen LogP contribution in [0, 0.1) is 6.92 Å². The summed E-state index contributed by atoms with van der Waals surface area (Å²) in [4.78, 5) is 42.4. The molecule has 0 unspecified atom stereocenters. The zero-order chi connectivity index (χ0) is 18.7. The Labute approximate surface area is 149 Å². The van der Waals surface area contributed by atoms with Crippen molar-refractivity contribution >= 4 is 23.1 Å². The van der Waals surface area contributed by atoms with E-state index in [1.807, 2.05) is 19.1 Å². The second-order valence-corrected chi connectivity index (χ2v) is 5.98. The topological polar surface area (TPSA) is 83.8 Å². The van der Waals surface area contributed by atoms with Crippen LogP contribution in [0.5, 0.6) is 0 Å². The molecule has 3 aromatic rings. The molecular weight excluding hydrogens is 332 g/mol. The Balaban J connectivity index is 1.73. The number of fused-ring (bicyclic) bond motifs is 1. The van der Waals surface area contributed by atoms with E-state index in [0.717, 1.165) is 5.56 Å². The number of nitrogens with one attached hydrogen (secondary N) is 1. The Morgan fingerprint density at radius 3 is 2.62 bits per heavy atom. The van der Waals surface area contributed by atoms with Crippen LogP contribution in [0.1, 0.15) is 15.9 Å². The Morgan fingerprint density at radius 2 is 1.88 bits per heavy atom. The molecule has 1 N–H and O–H groups in total. The van der Waals surface area contributed by atoms with E-state index in [0.29, 0.717) is 11.3 Å². The SMILES string of the molecule is Cc1ccc(NC(=O)CN(C)C(=O)c2cnc3ccccn3c2=O)cc1. The van der Waals surface area contributed by atoms with E-state index in [9.17, 15) is 14.4 Å². The molecule has 0 aliphatic rings. The molecule has 2 aromatic heterocycles. The number of hydrogen-bond acceptors (Lipinski definition) is 4. The molecule has 0 radical (unpaired) electrons. The van der Waals surface area contributed by atoms with Gasteiger partial charge in [-0.3, -0.25) is 18.8 Å². The van der Waals surface area contributed by atoms with Crippen LogP contribution in [0.15, 0.2) is 59.7 Å². The van der Waals surface area contributed by atoms with Crippen molar-refractivity contribution in [3.63, 3.8) is 0 Å². The predicted octanol–water partition coefficient (Wildman–Crippen LogP) is 1.71. The van der Waals surface area contributed by atoms with Gasteiger partial charge in [0.15, 0.2) is 0 Å². The van der Waals surface area contributed by atoms with Crippen LogP contribution in [-0.4, -0.2) is 39.7 Å². The number of likely N-dealkylation sites (N-methyl/N-ethyl adjacent to an activating group) is 1. The van der Waals surface area contributed by atoms with Crippen molar-refractivity contribution in [1.29, 1.82) is 0 Å². The molecule has 0 aliphatic heterocycles. The molecule has 7 nitrogen and oxygen atoms in total. The quantitative estimate of drug-likeness (QED) is 0.776. The summed E-state index contributed by atoms with van der Waals surface area (Å²) in [6, 6.07) is 12.4. The number of amides is 2. The van der Waals surface area contributed by atoms with Gasteiger partial charge in [0.2, 0.25) is 5.91 Å². The third kappa shape index (κ3) is 3.61. The van der Waals surface area contributed by atoms with Crippen LogP contribution in [0.2, 0.25) is 0 Å². The lowest BCUT2D eigenvalue weighted by atomic mass is 10.2. The fourth-order valence-corrected chi connectivity index (χ4v) is 2.50. The van der Waals surface area contributed by atoms with Crippen LogP contribution < -0.4 is 10.9 Å². The molecule has 0 saturated carbocycles. The van der Waals surface area contributed by atoms with Gasteiger partial charge in [0.25, 0.3) is 11.5 Å². The van der Waals surface area contributed by atoms with Crippen molar-refractivity contribution < 1.29 is 9.59 Å². The van der Waals surface area contributed by atoms with Crippen molar-refractivity contribution in [3.05, 3.63) is 76.3 Å². The number of rotatable bonds is 4. The van der Waals surface area contributed by atoms with Gasteiger partial charge in [-0.1, -0.05) is 23.8 Å². The highest BCUT2D eigenvalue weighted by Crippen LogP contribution is 2.08. The average molecular weight is 350 g/mol. The van der Waals surface area contributed by atoms with Gasteiger partial charge < -0.3 is 10.2 Å².